The molecule has 0 aromatic carbocycles. The zero-order valence-electron chi connectivity index (χ0n) is 10.9. The first-order valence-electron chi connectivity index (χ1n) is 6.92. The van der Waals surface area contributed by atoms with Gasteiger partial charge in [-0.1, -0.05) is 39.5 Å². The molecule has 1 fully saturated rings. The lowest BCUT2D eigenvalue weighted by Crippen LogP contribution is -2.32. The maximum absolute atomic E-state index is 3.71. The van der Waals surface area contributed by atoms with Gasteiger partial charge in [-0.3, -0.25) is 0 Å². The summed E-state index contributed by atoms with van der Waals surface area (Å²) in [6.07, 6.45) is 10.1. The van der Waals surface area contributed by atoms with E-state index in [1.807, 2.05) is 0 Å². The first-order valence-corrected chi connectivity index (χ1v) is 6.92. The van der Waals surface area contributed by atoms with E-state index in [2.05, 4.69) is 26.1 Å². The normalized spacial score (nSPS) is 21.6. The van der Waals surface area contributed by atoms with Crippen molar-refractivity contribution in [3.05, 3.63) is 0 Å². The summed E-state index contributed by atoms with van der Waals surface area (Å²) >= 11 is 0. The van der Waals surface area contributed by atoms with Crippen LogP contribution in [-0.2, 0) is 0 Å². The molecule has 0 heterocycles. The van der Waals surface area contributed by atoms with Gasteiger partial charge >= 0.3 is 0 Å². The third-order valence-corrected chi connectivity index (χ3v) is 3.55. The SMILES string of the molecule is CC(C)CC(C)NCC1CCCCCC1. The predicted molar refractivity (Wildman–Crippen MR) is 68.1 cm³/mol. The molecule has 1 atom stereocenters. The fourth-order valence-corrected chi connectivity index (χ4v) is 2.73. The molecule has 1 heteroatoms. The molecule has 1 aliphatic rings. The summed E-state index contributed by atoms with van der Waals surface area (Å²) in [5.74, 6) is 1.78. The van der Waals surface area contributed by atoms with E-state index in [0.29, 0.717) is 6.04 Å². The van der Waals surface area contributed by atoms with Crippen LogP contribution in [0, 0.1) is 11.8 Å². The molecule has 1 saturated carbocycles. The second-order valence-electron chi connectivity index (χ2n) is 5.80. The third kappa shape index (κ3) is 6.19. The second-order valence-corrected chi connectivity index (χ2v) is 5.80. The minimum absolute atomic E-state index is 0.702. The van der Waals surface area contributed by atoms with Crippen LogP contribution in [0.3, 0.4) is 0 Å². The molecule has 1 N–H and O–H groups in total. The Kier molecular flexibility index (Phi) is 6.31. The molecule has 90 valence electrons. The Morgan fingerprint density at radius 1 is 1.00 bits per heavy atom. The highest BCUT2D eigenvalue weighted by Gasteiger charge is 2.13. The number of nitrogens with one attached hydrogen (secondary N) is 1. The van der Waals surface area contributed by atoms with Crippen LogP contribution in [0.5, 0.6) is 0 Å². The maximum atomic E-state index is 3.71. The Bertz CT molecular complexity index is 145. The number of hydrogen-bond acceptors (Lipinski definition) is 1. The number of rotatable bonds is 5. The third-order valence-electron chi connectivity index (χ3n) is 3.55. The molecular formula is C14H29N. The molecule has 0 aromatic rings. The minimum atomic E-state index is 0.702. The van der Waals surface area contributed by atoms with Crippen LogP contribution in [-0.4, -0.2) is 12.6 Å². The summed E-state index contributed by atoms with van der Waals surface area (Å²) in [6, 6.07) is 0.702. The highest BCUT2D eigenvalue weighted by atomic mass is 14.9. The topological polar surface area (TPSA) is 12.0 Å². The highest BCUT2D eigenvalue weighted by molar-refractivity contribution is 4.70. The number of hydrogen-bond donors (Lipinski definition) is 1. The van der Waals surface area contributed by atoms with Crippen molar-refractivity contribution in [2.24, 2.45) is 11.8 Å². The lowest BCUT2D eigenvalue weighted by atomic mass is 9.99. The fraction of sp³-hybridized carbons (Fsp3) is 1.00. The molecule has 0 aliphatic heterocycles. The van der Waals surface area contributed by atoms with Gasteiger partial charge in [0.1, 0.15) is 0 Å². The maximum Gasteiger partial charge on any atom is 0.00412 e. The molecule has 0 amide bonds. The van der Waals surface area contributed by atoms with E-state index < -0.39 is 0 Å². The molecule has 1 nitrogen and oxygen atoms in total. The first kappa shape index (κ1) is 13.0. The summed E-state index contributed by atoms with van der Waals surface area (Å²) in [5.41, 5.74) is 0. The Morgan fingerprint density at radius 2 is 1.60 bits per heavy atom. The minimum Gasteiger partial charge on any atom is -0.314 e. The lowest BCUT2D eigenvalue weighted by Gasteiger charge is -2.20. The van der Waals surface area contributed by atoms with E-state index in [1.54, 1.807) is 0 Å². The highest BCUT2D eigenvalue weighted by Crippen LogP contribution is 2.22. The van der Waals surface area contributed by atoms with E-state index in [4.69, 9.17) is 0 Å². The molecule has 15 heavy (non-hydrogen) atoms. The summed E-state index contributed by atoms with van der Waals surface area (Å²) in [5, 5.41) is 3.71. The fourth-order valence-electron chi connectivity index (χ4n) is 2.73. The molecule has 0 saturated heterocycles. The monoisotopic (exact) mass is 211 g/mol. The smallest absolute Gasteiger partial charge is 0.00412 e. The Hall–Kier alpha value is -0.0400. The van der Waals surface area contributed by atoms with Crippen molar-refractivity contribution in [1.29, 1.82) is 0 Å². The van der Waals surface area contributed by atoms with Gasteiger partial charge in [0.05, 0.1) is 0 Å². The average molecular weight is 211 g/mol. The summed E-state index contributed by atoms with van der Waals surface area (Å²) in [4.78, 5) is 0. The van der Waals surface area contributed by atoms with Gasteiger partial charge in [-0.25, -0.2) is 0 Å². The van der Waals surface area contributed by atoms with Crippen molar-refractivity contribution in [2.75, 3.05) is 6.54 Å². The molecule has 0 bridgehead atoms. The summed E-state index contributed by atoms with van der Waals surface area (Å²) in [6.45, 7) is 8.21. The summed E-state index contributed by atoms with van der Waals surface area (Å²) in [7, 11) is 0. The lowest BCUT2D eigenvalue weighted by molar-refractivity contribution is 0.371. The van der Waals surface area contributed by atoms with Crippen LogP contribution in [0.2, 0.25) is 0 Å². The van der Waals surface area contributed by atoms with Crippen molar-refractivity contribution in [3.63, 3.8) is 0 Å². The zero-order chi connectivity index (χ0) is 11.1. The van der Waals surface area contributed by atoms with Gasteiger partial charge in [0.2, 0.25) is 0 Å². The molecule has 0 aromatic heterocycles. The molecule has 0 radical (unpaired) electrons. The average Bonchev–Trinajstić information content (AvgIpc) is 2.41. The Balaban J connectivity index is 2.11. The van der Waals surface area contributed by atoms with Crippen LogP contribution in [0.4, 0.5) is 0 Å². The quantitative estimate of drug-likeness (QED) is 0.678. The van der Waals surface area contributed by atoms with Crippen LogP contribution in [0.1, 0.15) is 65.7 Å². The standard InChI is InChI=1S/C14H29N/c1-12(2)10-13(3)15-11-14-8-6-4-5-7-9-14/h12-15H,4-11H2,1-3H3. The van der Waals surface area contributed by atoms with E-state index in [1.165, 1.54) is 51.5 Å². The van der Waals surface area contributed by atoms with Gasteiger partial charge in [0, 0.05) is 6.04 Å². The Labute approximate surface area is 96.0 Å². The van der Waals surface area contributed by atoms with Crippen molar-refractivity contribution < 1.29 is 0 Å². The van der Waals surface area contributed by atoms with Crippen LogP contribution < -0.4 is 5.32 Å². The van der Waals surface area contributed by atoms with Gasteiger partial charge in [-0.2, -0.15) is 0 Å². The molecule has 1 aliphatic carbocycles. The van der Waals surface area contributed by atoms with E-state index in [9.17, 15) is 0 Å². The van der Waals surface area contributed by atoms with Crippen LogP contribution in [0.15, 0.2) is 0 Å². The predicted octanol–water partition coefficient (Wildman–Crippen LogP) is 3.98. The van der Waals surface area contributed by atoms with Crippen molar-refractivity contribution in [2.45, 2.75) is 71.8 Å². The van der Waals surface area contributed by atoms with Crippen molar-refractivity contribution in [3.8, 4) is 0 Å². The van der Waals surface area contributed by atoms with Gasteiger partial charge < -0.3 is 5.32 Å². The van der Waals surface area contributed by atoms with Gasteiger partial charge in [-0.15, -0.1) is 0 Å². The molecule has 0 spiro atoms. The molecule has 1 unspecified atom stereocenters. The van der Waals surface area contributed by atoms with E-state index in [0.717, 1.165) is 11.8 Å². The van der Waals surface area contributed by atoms with Crippen LogP contribution in [0.25, 0.3) is 0 Å². The zero-order valence-corrected chi connectivity index (χ0v) is 10.9. The van der Waals surface area contributed by atoms with Crippen LogP contribution >= 0.6 is 0 Å². The van der Waals surface area contributed by atoms with Crippen molar-refractivity contribution >= 4 is 0 Å². The van der Waals surface area contributed by atoms with Crippen molar-refractivity contribution in [1.82, 2.24) is 5.32 Å². The van der Waals surface area contributed by atoms with Gasteiger partial charge in [0.15, 0.2) is 0 Å². The second kappa shape index (κ2) is 7.27. The van der Waals surface area contributed by atoms with E-state index >= 15 is 0 Å². The largest absolute Gasteiger partial charge is 0.314 e. The molecular weight excluding hydrogens is 182 g/mol. The molecule has 1 rings (SSSR count). The van der Waals surface area contributed by atoms with E-state index in [-0.39, 0.29) is 0 Å². The van der Waals surface area contributed by atoms with Gasteiger partial charge in [0.25, 0.3) is 0 Å². The summed E-state index contributed by atoms with van der Waals surface area (Å²) < 4.78 is 0. The van der Waals surface area contributed by atoms with Gasteiger partial charge in [-0.05, 0) is 44.6 Å². The Morgan fingerprint density at radius 3 is 2.13 bits per heavy atom. The first-order chi connectivity index (χ1) is 7.18.